The lowest BCUT2D eigenvalue weighted by Gasteiger charge is -2.18. The van der Waals surface area contributed by atoms with Crippen molar-refractivity contribution in [1.82, 2.24) is 37.2 Å². The number of methoxy groups -OCH3 is 2. The molecule has 6 atom stereocenters. The molecule has 0 radical (unpaired) electrons. The zero-order valence-corrected chi connectivity index (χ0v) is 50.1. The van der Waals surface area contributed by atoms with Crippen molar-refractivity contribution in [2.24, 2.45) is 5.92 Å². The van der Waals surface area contributed by atoms with E-state index < -0.39 is 30.3 Å². The summed E-state index contributed by atoms with van der Waals surface area (Å²) in [7, 11) is 3.17. The highest BCUT2D eigenvalue weighted by atomic mass is 16.7. The highest BCUT2D eigenvalue weighted by molar-refractivity contribution is 6.05. The maximum absolute atomic E-state index is 13.0. The first-order valence-corrected chi connectivity index (χ1v) is 29.2. The summed E-state index contributed by atoms with van der Waals surface area (Å²) < 4.78 is 31.1. The molecule has 21 heteroatoms. The van der Waals surface area contributed by atoms with Crippen molar-refractivity contribution < 1.29 is 57.2 Å². The van der Waals surface area contributed by atoms with Crippen molar-refractivity contribution in [3.05, 3.63) is 213 Å². The Labute approximate surface area is 513 Å². The van der Waals surface area contributed by atoms with Crippen molar-refractivity contribution >= 4 is 47.5 Å². The Kier molecular flexibility index (Phi) is 26.3. The molecule has 1 aliphatic heterocycles. The topological polar surface area (TPSA) is 290 Å². The fraction of sp³-hybridized carbons (Fsp3) is 0.343. The Morgan fingerprint density at radius 1 is 0.500 bits per heavy atom. The van der Waals surface area contributed by atoms with E-state index in [0.717, 1.165) is 58.2 Å². The Morgan fingerprint density at radius 3 is 1.41 bits per heavy atom. The highest BCUT2D eigenvalue weighted by Gasteiger charge is 2.33. The van der Waals surface area contributed by atoms with Gasteiger partial charge in [0.2, 0.25) is 23.6 Å². The summed E-state index contributed by atoms with van der Waals surface area (Å²) in [6, 6.07) is 46.9. The van der Waals surface area contributed by atoms with Gasteiger partial charge in [0.25, 0.3) is 0 Å². The number of carbonyl (C=O) groups is 6. The van der Waals surface area contributed by atoms with Gasteiger partial charge >= 0.3 is 12.2 Å². The van der Waals surface area contributed by atoms with Crippen molar-refractivity contribution in [2.45, 2.75) is 109 Å². The molecule has 88 heavy (non-hydrogen) atoms. The van der Waals surface area contributed by atoms with Crippen LogP contribution in [0.25, 0.3) is 0 Å². The number of rotatable bonds is 26. The second-order valence-electron chi connectivity index (χ2n) is 21.5. The average Bonchev–Trinajstić information content (AvgIpc) is 4.48. The van der Waals surface area contributed by atoms with E-state index in [9.17, 15) is 28.8 Å². The standard InChI is InChI=1S/C34H40N4O6.C33H39N5O6/c1-23(37-33(40)30-16-15-29(18-30)28-10-6-9-26(17-28)20-43-22-42-2)32(39)36-19-24-11-13-27(14-12-24)31(35)38-34(41)44-21-25-7-4-3-5-8-25;1-22(37-32(40)29-16-28(18-35-29)27-10-6-9-25(15-27)19-43-21-42-2)31(39)36-17-23-11-13-26(14-12-23)30(34)38-33(41)44-20-24-7-4-3-5-8-24/h3-14,17,23,29-30H,15-16,18-22H2,1-2H3,(H,36,39)(H,37,40)(H2,35,38,41);3-15,22,28-29,35H,16-21H2,1-2H3,(H,36,39)(H,37,40)(H2,34,38,41)/t23-,29+,30+;22-,28-,29+/m00/s1. The van der Waals surface area contributed by atoms with Crippen LogP contribution in [0.2, 0.25) is 0 Å². The fourth-order valence-electron chi connectivity index (χ4n) is 9.98. The molecule has 1 heterocycles. The lowest BCUT2D eigenvalue weighted by molar-refractivity contribution is -0.130. The zero-order chi connectivity index (χ0) is 62.6. The van der Waals surface area contributed by atoms with Crippen LogP contribution in [-0.4, -0.2) is 100.0 Å². The van der Waals surface area contributed by atoms with Crippen molar-refractivity contribution in [2.75, 3.05) is 34.4 Å². The van der Waals surface area contributed by atoms with Gasteiger partial charge in [0, 0.05) is 50.9 Å². The monoisotopic (exact) mass is 1200 g/mol. The third kappa shape index (κ3) is 21.7. The number of nitrogens with one attached hydrogen (secondary N) is 9. The quantitative estimate of drug-likeness (QED) is 0.0108. The molecule has 6 aromatic rings. The molecule has 21 nitrogen and oxygen atoms in total. The molecule has 8 rings (SSSR count). The first kappa shape index (κ1) is 66.4. The summed E-state index contributed by atoms with van der Waals surface area (Å²) in [5.41, 5.74) is 8.75. The molecule has 0 unspecified atom stereocenters. The molecule has 6 aromatic carbocycles. The maximum atomic E-state index is 13.0. The van der Waals surface area contributed by atoms with Gasteiger partial charge in [-0.05, 0) is 95.9 Å². The van der Waals surface area contributed by atoms with Crippen LogP contribution in [0.15, 0.2) is 158 Å². The van der Waals surface area contributed by atoms with E-state index in [1.165, 1.54) is 5.56 Å². The Bertz CT molecular complexity index is 3050. The Hall–Kier alpha value is -9.12. The number of amides is 6. The van der Waals surface area contributed by atoms with Crippen LogP contribution >= 0.6 is 0 Å². The highest BCUT2D eigenvalue weighted by Crippen LogP contribution is 2.39. The number of hydrogen-bond donors (Lipinski definition) is 9. The fourth-order valence-corrected chi connectivity index (χ4v) is 9.98. The third-order valence-electron chi connectivity index (χ3n) is 14.8. The largest absolute Gasteiger partial charge is 0.444 e. The van der Waals surface area contributed by atoms with E-state index in [-0.39, 0.29) is 92.9 Å². The van der Waals surface area contributed by atoms with Gasteiger partial charge in [-0.25, -0.2) is 9.59 Å². The molecule has 1 aliphatic carbocycles. The van der Waals surface area contributed by atoms with E-state index in [1.54, 1.807) is 76.6 Å². The Balaban J connectivity index is 0.000000251. The maximum Gasteiger partial charge on any atom is 0.413 e. The van der Waals surface area contributed by atoms with Gasteiger partial charge in [0.15, 0.2) is 0 Å². The van der Waals surface area contributed by atoms with Crippen LogP contribution in [0.3, 0.4) is 0 Å². The molecule has 1 saturated carbocycles. The lowest BCUT2D eigenvalue weighted by Crippen LogP contribution is -2.49. The average molecular weight is 1200 g/mol. The predicted molar refractivity (Wildman–Crippen MR) is 330 cm³/mol. The molecule has 2 aliphatic rings. The SMILES string of the molecule is COCOCc1cccc([C@@H]2CC[C@@H](C(=O)N[C@@H](C)C(=O)NCc3ccc(C(=N)NC(=O)OCc4ccccc4)cc3)C2)c1.COCOCc1cccc([C@@H]2CN[C@@H](C(=O)N[C@@H](C)C(=O)NCc3ccc(C(=N)NC(=O)OCc4ccccc4)cc3)C2)c1. The van der Waals surface area contributed by atoms with E-state index in [4.69, 9.17) is 39.2 Å². The van der Waals surface area contributed by atoms with Crippen molar-refractivity contribution in [3.8, 4) is 0 Å². The van der Waals surface area contributed by atoms with Gasteiger partial charge in [-0.3, -0.25) is 40.6 Å². The summed E-state index contributed by atoms with van der Waals surface area (Å²) in [6.45, 7) is 6.11. The van der Waals surface area contributed by atoms with E-state index in [0.29, 0.717) is 37.3 Å². The first-order chi connectivity index (χ1) is 42.6. The lowest BCUT2D eigenvalue weighted by atomic mass is 9.94. The minimum Gasteiger partial charge on any atom is -0.444 e. The van der Waals surface area contributed by atoms with Crippen LogP contribution in [-0.2, 0) is 87.1 Å². The molecule has 6 amide bonds. The summed E-state index contributed by atoms with van der Waals surface area (Å²) in [6.07, 6.45) is 1.63. The van der Waals surface area contributed by atoms with Crippen LogP contribution in [0.4, 0.5) is 9.59 Å². The molecule has 0 bridgehead atoms. The van der Waals surface area contributed by atoms with Gasteiger partial charge < -0.3 is 55.0 Å². The molecule has 0 aromatic heterocycles. The van der Waals surface area contributed by atoms with Crippen LogP contribution in [0.1, 0.15) is 107 Å². The summed E-state index contributed by atoms with van der Waals surface area (Å²) >= 11 is 0. The molecular weight excluding hydrogens is 1120 g/mol. The van der Waals surface area contributed by atoms with Crippen molar-refractivity contribution in [3.63, 3.8) is 0 Å². The second kappa shape index (κ2) is 34.9. The van der Waals surface area contributed by atoms with E-state index in [2.05, 4.69) is 61.5 Å². The minimum absolute atomic E-state index is 0.0899. The molecule has 2 fully saturated rings. The van der Waals surface area contributed by atoms with Gasteiger partial charge in [-0.15, -0.1) is 0 Å². The second-order valence-corrected chi connectivity index (χ2v) is 21.5. The summed E-state index contributed by atoms with van der Waals surface area (Å²) in [5.74, 6) is -0.772. The number of benzene rings is 6. The van der Waals surface area contributed by atoms with Gasteiger partial charge in [-0.1, -0.05) is 158 Å². The molecule has 9 N–H and O–H groups in total. The third-order valence-corrected chi connectivity index (χ3v) is 14.8. The number of alkyl carbamates (subject to hydrolysis) is 2. The van der Waals surface area contributed by atoms with Gasteiger partial charge in [0.05, 0.1) is 19.3 Å². The predicted octanol–water partition coefficient (Wildman–Crippen LogP) is 8.09. The zero-order valence-electron chi connectivity index (χ0n) is 50.1. The van der Waals surface area contributed by atoms with Crippen LogP contribution in [0.5, 0.6) is 0 Å². The van der Waals surface area contributed by atoms with E-state index in [1.807, 2.05) is 84.9 Å². The first-order valence-electron chi connectivity index (χ1n) is 29.2. The number of amidine groups is 2. The normalized spacial score (nSPS) is 16.5. The molecular formula is C67H79N9O12. The molecule has 1 saturated heterocycles. The van der Waals surface area contributed by atoms with Gasteiger partial charge in [-0.2, -0.15) is 0 Å². The minimum atomic E-state index is -0.719. The van der Waals surface area contributed by atoms with Gasteiger partial charge in [0.1, 0.15) is 50.6 Å². The number of hydrogen-bond acceptors (Lipinski definition) is 15. The van der Waals surface area contributed by atoms with Crippen LogP contribution < -0.4 is 37.2 Å². The van der Waals surface area contributed by atoms with E-state index >= 15 is 0 Å². The van der Waals surface area contributed by atoms with Crippen LogP contribution in [0, 0.1) is 16.7 Å². The molecule has 464 valence electrons. The molecule has 0 spiro atoms. The number of carbonyl (C=O) groups excluding carboxylic acids is 6. The smallest absolute Gasteiger partial charge is 0.413 e. The summed E-state index contributed by atoms with van der Waals surface area (Å²) in [4.78, 5) is 75.4. The summed E-state index contributed by atoms with van der Waals surface area (Å²) in [5, 5.41) is 35.8. The Morgan fingerprint density at radius 2 is 0.943 bits per heavy atom. The number of ether oxygens (including phenoxy) is 6. The van der Waals surface area contributed by atoms with Crippen molar-refractivity contribution in [1.29, 1.82) is 10.8 Å².